The molecule has 0 aliphatic carbocycles. The predicted octanol–water partition coefficient (Wildman–Crippen LogP) is 0.923. The number of aliphatic hydroxyl groups excluding tert-OH is 1. The Labute approximate surface area is 104 Å². The number of fused-ring (bicyclic) bond motifs is 1. The Morgan fingerprint density at radius 1 is 1.33 bits per heavy atom. The van der Waals surface area contributed by atoms with Crippen molar-refractivity contribution in [2.75, 3.05) is 20.2 Å². The lowest BCUT2D eigenvalue weighted by Crippen LogP contribution is -2.22. The average Bonchev–Trinajstić information content (AvgIpc) is 2.28. The Kier molecular flexibility index (Phi) is 3.64. The van der Waals surface area contributed by atoms with Crippen LogP contribution in [0.25, 0.3) is 11.0 Å². The van der Waals surface area contributed by atoms with Crippen LogP contribution in [0.2, 0.25) is 0 Å². The first kappa shape index (κ1) is 12.6. The number of hydrogen-bond donors (Lipinski definition) is 2. The number of phenols is 1. The highest BCUT2D eigenvalue weighted by Crippen LogP contribution is 2.22. The van der Waals surface area contributed by atoms with Crippen molar-refractivity contribution < 1.29 is 14.6 Å². The number of hydrogen-bond acceptors (Lipinski definition) is 5. The first-order valence-electron chi connectivity index (χ1n) is 5.65. The summed E-state index contributed by atoms with van der Waals surface area (Å²) in [4.78, 5) is 13.3. The van der Waals surface area contributed by atoms with Gasteiger partial charge in [-0.05, 0) is 24.7 Å². The van der Waals surface area contributed by atoms with Gasteiger partial charge in [-0.2, -0.15) is 0 Å². The molecule has 0 amide bonds. The molecule has 2 N–H and O–H groups in total. The molecule has 0 saturated heterocycles. The maximum atomic E-state index is 11.4. The molecule has 2 aromatic rings. The van der Waals surface area contributed by atoms with E-state index in [0.29, 0.717) is 18.7 Å². The summed E-state index contributed by atoms with van der Waals surface area (Å²) in [5.74, 6) is 0.0616. The molecule has 0 aliphatic heterocycles. The van der Waals surface area contributed by atoms with Crippen LogP contribution in [0, 0.1) is 0 Å². The number of aromatic hydroxyl groups is 1. The highest BCUT2D eigenvalue weighted by Gasteiger charge is 2.08. The Hall–Kier alpha value is -1.85. The van der Waals surface area contributed by atoms with Crippen molar-refractivity contribution in [1.82, 2.24) is 4.90 Å². The van der Waals surface area contributed by atoms with Gasteiger partial charge in [0.2, 0.25) is 0 Å². The van der Waals surface area contributed by atoms with Gasteiger partial charge in [0.25, 0.3) is 0 Å². The van der Waals surface area contributed by atoms with E-state index < -0.39 is 5.63 Å². The molecule has 0 atom stereocenters. The summed E-state index contributed by atoms with van der Waals surface area (Å²) in [6.45, 7) is 1.13. The van der Waals surface area contributed by atoms with Crippen LogP contribution in [0.4, 0.5) is 0 Å². The summed E-state index contributed by atoms with van der Waals surface area (Å²) >= 11 is 0. The summed E-state index contributed by atoms with van der Waals surface area (Å²) in [6, 6.07) is 6.13. The molecule has 1 aromatic carbocycles. The van der Waals surface area contributed by atoms with Crippen LogP contribution in [-0.4, -0.2) is 35.3 Å². The average molecular weight is 249 g/mol. The van der Waals surface area contributed by atoms with Crippen LogP contribution in [0.3, 0.4) is 0 Å². The second-order valence-corrected chi connectivity index (χ2v) is 4.23. The van der Waals surface area contributed by atoms with Gasteiger partial charge in [-0.3, -0.25) is 4.90 Å². The number of aliphatic hydroxyl groups is 1. The number of nitrogens with zero attached hydrogens (tertiary/aromatic N) is 1. The normalized spacial score (nSPS) is 11.3. The minimum atomic E-state index is -0.444. The molecule has 0 unspecified atom stereocenters. The lowest BCUT2D eigenvalue weighted by Gasteiger charge is -2.15. The van der Waals surface area contributed by atoms with Crippen LogP contribution in [0.1, 0.15) is 5.56 Å². The SMILES string of the molecule is CN(CCO)Cc1cc(=O)oc2cc(O)ccc12. The summed E-state index contributed by atoms with van der Waals surface area (Å²) in [5.41, 5.74) is 0.743. The number of phenolic OH excluding ortho intramolecular Hbond substituents is 1. The molecule has 0 spiro atoms. The standard InChI is InChI=1S/C13H15NO4/c1-14(4-5-15)8-9-6-13(17)18-12-7-10(16)2-3-11(9)12/h2-3,6-7,15-16H,4-5,8H2,1H3. The number of likely N-dealkylation sites (N-methyl/N-ethyl adjacent to an activating group) is 1. The number of benzene rings is 1. The smallest absolute Gasteiger partial charge is 0.336 e. The first-order valence-corrected chi connectivity index (χ1v) is 5.65. The molecule has 5 nitrogen and oxygen atoms in total. The van der Waals surface area contributed by atoms with Gasteiger partial charge in [0.05, 0.1) is 6.61 Å². The third kappa shape index (κ3) is 2.69. The van der Waals surface area contributed by atoms with E-state index >= 15 is 0 Å². The fraction of sp³-hybridized carbons (Fsp3) is 0.308. The Morgan fingerprint density at radius 3 is 2.83 bits per heavy atom. The summed E-state index contributed by atoms with van der Waals surface area (Å²) < 4.78 is 5.04. The van der Waals surface area contributed by atoms with Crippen molar-refractivity contribution >= 4 is 11.0 Å². The van der Waals surface area contributed by atoms with E-state index in [0.717, 1.165) is 10.9 Å². The third-order valence-corrected chi connectivity index (χ3v) is 2.74. The van der Waals surface area contributed by atoms with E-state index in [9.17, 15) is 9.90 Å². The highest BCUT2D eigenvalue weighted by molar-refractivity contribution is 5.81. The van der Waals surface area contributed by atoms with Crippen molar-refractivity contribution in [1.29, 1.82) is 0 Å². The molecular formula is C13H15NO4. The minimum Gasteiger partial charge on any atom is -0.508 e. The second-order valence-electron chi connectivity index (χ2n) is 4.23. The van der Waals surface area contributed by atoms with Crippen LogP contribution < -0.4 is 5.63 Å². The zero-order valence-corrected chi connectivity index (χ0v) is 10.1. The predicted molar refractivity (Wildman–Crippen MR) is 67.6 cm³/mol. The molecule has 0 saturated carbocycles. The van der Waals surface area contributed by atoms with Crippen molar-refractivity contribution in [2.24, 2.45) is 0 Å². The van der Waals surface area contributed by atoms with E-state index in [1.165, 1.54) is 12.1 Å². The molecule has 0 fully saturated rings. The molecule has 0 aliphatic rings. The topological polar surface area (TPSA) is 73.9 Å². The van der Waals surface area contributed by atoms with Gasteiger partial charge in [-0.1, -0.05) is 0 Å². The maximum Gasteiger partial charge on any atom is 0.336 e. The zero-order chi connectivity index (χ0) is 13.1. The molecule has 2 rings (SSSR count). The number of rotatable bonds is 4. The molecule has 5 heteroatoms. The largest absolute Gasteiger partial charge is 0.508 e. The summed E-state index contributed by atoms with van der Waals surface area (Å²) in [5, 5.41) is 19.0. The monoisotopic (exact) mass is 249 g/mol. The van der Waals surface area contributed by atoms with Gasteiger partial charge >= 0.3 is 5.63 Å². The highest BCUT2D eigenvalue weighted by atomic mass is 16.4. The quantitative estimate of drug-likeness (QED) is 0.788. The van der Waals surface area contributed by atoms with Crippen LogP contribution in [-0.2, 0) is 6.54 Å². The van der Waals surface area contributed by atoms with Crippen molar-refractivity contribution in [3.05, 3.63) is 40.2 Å². The Bertz CT molecular complexity index is 605. The van der Waals surface area contributed by atoms with Gasteiger partial charge in [-0.25, -0.2) is 4.79 Å². The van der Waals surface area contributed by atoms with E-state index in [1.807, 2.05) is 11.9 Å². The fourth-order valence-corrected chi connectivity index (χ4v) is 1.89. The van der Waals surface area contributed by atoms with Crippen LogP contribution >= 0.6 is 0 Å². The van der Waals surface area contributed by atoms with Gasteiger partial charge in [0.1, 0.15) is 11.3 Å². The zero-order valence-electron chi connectivity index (χ0n) is 10.1. The molecule has 18 heavy (non-hydrogen) atoms. The van der Waals surface area contributed by atoms with E-state index in [-0.39, 0.29) is 12.4 Å². The van der Waals surface area contributed by atoms with Gasteiger partial charge in [0, 0.05) is 30.6 Å². The fourth-order valence-electron chi connectivity index (χ4n) is 1.89. The molecule has 0 bridgehead atoms. The maximum absolute atomic E-state index is 11.4. The summed E-state index contributed by atoms with van der Waals surface area (Å²) in [7, 11) is 1.86. The van der Waals surface area contributed by atoms with Crippen molar-refractivity contribution in [2.45, 2.75) is 6.54 Å². The van der Waals surface area contributed by atoms with Crippen molar-refractivity contribution in [3.8, 4) is 5.75 Å². The Morgan fingerprint density at radius 2 is 2.11 bits per heavy atom. The Balaban J connectivity index is 2.46. The van der Waals surface area contributed by atoms with Gasteiger partial charge in [0.15, 0.2) is 0 Å². The van der Waals surface area contributed by atoms with Crippen molar-refractivity contribution in [3.63, 3.8) is 0 Å². The lowest BCUT2D eigenvalue weighted by molar-refractivity contribution is 0.217. The van der Waals surface area contributed by atoms with Gasteiger partial charge in [-0.15, -0.1) is 0 Å². The molecule has 1 aromatic heterocycles. The van der Waals surface area contributed by atoms with E-state index in [2.05, 4.69) is 0 Å². The third-order valence-electron chi connectivity index (χ3n) is 2.74. The molecule has 0 radical (unpaired) electrons. The van der Waals surface area contributed by atoms with Crippen LogP contribution in [0.5, 0.6) is 5.75 Å². The van der Waals surface area contributed by atoms with Gasteiger partial charge < -0.3 is 14.6 Å². The molecule has 96 valence electrons. The minimum absolute atomic E-state index is 0.0616. The lowest BCUT2D eigenvalue weighted by atomic mass is 10.1. The van der Waals surface area contributed by atoms with E-state index in [1.54, 1.807) is 12.1 Å². The second kappa shape index (κ2) is 5.20. The van der Waals surface area contributed by atoms with Crippen LogP contribution in [0.15, 0.2) is 33.5 Å². The first-order chi connectivity index (χ1) is 8.60. The van der Waals surface area contributed by atoms with E-state index in [4.69, 9.17) is 9.52 Å². The molecular weight excluding hydrogens is 234 g/mol. The molecule has 1 heterocycles. The summed E-state index contributed by atoms with van der Waals surface area (Å²) in [6.07, 6.45) is 0.